The number of aromatic nitrogens is 2. The summed E-state index contributed by atoms with van der Waals surface area (Å²) in [5.74, 6) is 2.70. The number of nitrogens with one attached hydrogen (secondary N) is 2. The van der Waals surface area contributed by atoms with E-state index in [-0.39, 0.29) is 0 Å². The van der Waals surface area contributed by atoms with Gasteiger partial charge in [-0.2, -0.15) is 0 Å². The largest absolute Gasteiger partial charge is 0.342 e. The lowest BCUT2D eigenvalue weighted by Crippen LogP contribution is -2.30. The first-order chi connectivity index (χ1) is 9.88. The molecule has 1 aromatic heterocycles. The van der Waals surface area contributed by atoms with Gasteiger partial charge in [0.25, 0.3) is 0 Å². The third kappa shape index (κ3) is 2.35. The van der Waals surface area contributed by atoms with E-state index in [1.807, 2.05) is 0 Å². The molecule has 2 fully saturated rings. The fraction of sp³-hybridized carbons (Fsp3) is 0.588. The Morgan fingerprint density at radius 2 is 2.10 bits per heavy atom. The van der Waals surface area contributed by atoms with Crippen molar-refractivity contribution in [1.29, 1.82) is 0 Å². The van der Waals surface area contributed by atoms with Crippen LogP contribution in [0.2, 0.25) is 0 Å². The summed E-state index contributed by atoms with van der Waals surface area (Å²) in [6, 6.07) is 6.78. The maximum Gasteiger partial charge on any atom is 0.110 e. The topological polar surface area (TPSA) is 40.7 Å². The summed E-state index contributed by atoms with van der Waals surface area (Å²) in [5.41, 5.74) is 3.82. The first kappa shape index (κ1) is 12.4. The number of nitrogens with zero attached hydrogens (tertiary/aromatic N) is 1. The summed E-state index contributed by atoms with van der Waals surface area (Å²) in [5, 5.41) is 3.51. The molecule has 1 aromatic carbocycles. The minimum atomic E-state index is 0.688. The van der Waals surface area contributed by atoms with Crippen molar-refractivity contribution in [3.8, 4) is 0 Å². The Bertz CT molecular complexity index is 591. The zero-order valence-corrected chi connectivity index (χ0v) is 12.0. The molecule has 0 amide bonds. The summed E-state index contributed by atoms with van der Waals surface area (Å²) in [7, 11) is 0. The maximum absolute atomic E-state index is 4.75. The van der Waals surface area contributed by atoms with E-state index in [2.05, 4.69) is 28.5 Å². The molecule has 3 heteroatoms. The average Bonchev–Trinajstić information content (AvgIpc) is 2.80. The third-order valence-corrected chi connectivity index (χ3v) is 4.98. The second-order valence-electron chi connectivity index (χ2n) is 6.52. The number of H-pyrrole nitrogens is 1. The molecule has 2 N–H and O–H groups in total. The van der Waals surface area contributed by atoms with E-state index in [9.17, 15) is 0 Å². The van der Waals surface area contributed by atoms with Crippen LogP contribution in [0, 0.1) is 5.92 Å². The van der Waals surface area contributed by atoms with Crippen LogP contribution in [0.25, 0.3) is 11.0 Å². The summed E-state index contributed by atoms with van der Waals surface area (Å²) >= 11 is 0. The van der Waals surface area contributed by atoms with Crippen molar-refractivity contribution >= 4 is 11.0 Å². The first-order valence-electron chi connectivity index (χ1n) is 8.08. The van der Waals surface area contributed by atoms with Crippen molar-refractivity contribution in [2.75, 3.05) is 13.1 Å². The lowest BCUT2D eigenvalue weighted by molar-refractivity contribution is 0.376. The molecule has 1 atom stereocenters. The molecule has 0 radical (unpaired) electrons. The van der Waals surface area contributed by atoms with Crippen LogP contribution in [-0.4, -0.2) is 23.1 Å². The number of fused-ring (bicyclic) bond motifs is 1. The minimum absolute atomic E-state index is 0.688. The van der Waals surface area contributed by atoms with Crippen LogP contribution < -0.4 is 5.32 Å². The van der Waals surface area contributed by atoms with Gasteiger partial charge in [0, 0.05) is 5.92 Å². The van der Waals surface area contributed by atoms with Crippen LogP contribution in [0.15, 0.2) is 18.2 Å². The Labute approximate surface area is 120 Å². The highest BCUT2D eigenvalue weighted by atomic mass is 14.9. The molecular formula is C17H23N3. The predicted octanol–water partition coefficient (Wildman–Crippen LogP) is 3.37. The standard InChI is InChI=1S/C17H23N3/c1-4-14(5-1)17-19-15-7-6-12(10-16(15)20-17)9-13-3-2-8-18-11-13/h6-7,10,13-14,18H,1-5,8-9,11H2,(H,19,20). The molecule has 106 valence electrons. The van der Waals surface area contributed by atoms with Gasteiger partial charge in [0.1, 0.15) is 5.82 Å². The monoisotopic (exact) mass is 269 g/mol. The van der Waals surface area contributed by atoms with Gasteiger partial charge in [-0.15, -0.1) is 0 Å². The summed E-state index contributed by atoms with van der Waals surface area (Å²) in [6.07, 6.45) is 7.85. The van der Waals surface area contributed by atoms with E-state index in [4.69, 9.17) is 4.98 Å². The zero-order chi connectivity index (χ0) is 13.4. The van der Waals surface area contributed by atoms with Crippen molar-refractivity contribution in [3.05, 3.63) is 29.6 Å². The molecule has 0 spiro atoms. The maximum atomic E-state index is 4.75. The molecule has 1 aliphatic carbocycles. The average molecular weight is 269 g/mol. The Hall–Kier alpha value is -1.35. The fourth-order valence-electron chi connectivity index (χ4n) is 3.51. The number of imidazole rings is 1. The first-order valence-corrected chi connectivity index (χ1v) is 8.08. The van der Waals surface area contributed by atoms with Gasteiger partial charge in [0.15, 0.2) is 0 Å². The van der Waals surface area contributed by atoms with Crippen LogP contribution in [0.3, 0.4) is 0 Å². The number of benzene rings is 1. The molecular weight excluding hydrogens is 246 g/mol. The van der Waals surface area contributed by atoms with Gasteiger partial charge < -0.3 is 10.3 Å². The van der Waals surface area contributed by atoms with Gasteiger partial charge in [-0.25, -0.2) is 4.98 Å². The number of hydrogen-bond acceptors (Lipinski definition) is 2. The van der Waals surface area contributed by atoms with Crippen LogP contribution in [-0.2, 0) is 6.42 Å². The molecule has 2 aromatic rings. The quantitative estimate of drug-likeness (QED) is 0.897. The van der Waals surface area contributed by atoms with Gasteiger partial charge in [0.2, 0.25) is 0 Å². The van der Waals surface area contributed by atoms with Crippen LogP contribution in [0.4, 0.5) is 0 Å². The van der Waals surface area contributed by atoms with E-state index < -0.39 is 0 Å². The van der Waals surface area contributed by atoms with Crippen molar-refractivity contribution in [2.45, 2.75) is 44.4 Å². The SMILES string of the molecule is c1cc2nc(C3CCC3)[nH]c2cc1CC1CCCNC1. The molecule has 1 saturated carbocycles. The zero-order valence-electron chi connectivity index (χ0n) is 12.0. The smallest absolute Gasteiger partial charge is 0.110 e. The molecule has 1 aliphatic heterocycles. The Kier molecular flexibility index (Phi) is 3.23. The molecule has 3 nitrogen and oxygen atoms in total. The summed E-state index contributed by atoms with van der Waals surface area (Å²) in [6.45, 7) is 2.37. The van der Waals surface area contributed by atoms with Crippen molar-refractivity contribution in [2.24, 2.45) is 5.92 Å². The van der Waals surface area contributed by atoms with Crippen molar-refractivity contribution in [1.82, 2.24) is 15.3 Å². The van der Waals surface area contributed by atoms with Crippen molar-refractivity contribution < 1.29 is 0 Å². The minimum Gasteiger partial charge on any atom is -0.342 e. The Balaban J connectivity index is 1.54. The van der Waals surface area contributed by atoms with Gasteiger partial charge >= 0.3 is 0 Å². The van der Waals surface area contributed by atoms with Gasteiger partial charge in [-0.05, 0) is 68.8 Å². The molecule has 4 rings (SSSR count). The molecule has 2 aliphatic rings. The third-order valence-electron chi connectivity index (χ3n) is 4.98. The van der Waals surface area contributed by atoms with Gasteiger partial charge in [-0.1, -0.05) is 12.5 Å². The van der Waals surface area contributed by atoms with Gasteiger partial charge in [-0.3, -0.25) is 0 Å². The predicted molar refractivity (Wildman–Crippen MR) is 82.0 cm³/mol. The van der Waals surface area contributed by atoms with E-state index in [1.54, 1.807) is 0 Å². The van der Waals surface area contributed by atoms with Crippen LogP contribution >= 0.6 is 0 Å². The fourth-order valence-corrected chi connectivity index (χ4v) is 3.51. The number of rotatable bonds is 3. The Morgan fingerprint density at radius 1 is 1.15 bits per heavy atom. The lowest BCUT2D eigenvalue weighted by Gasteiger charge is -2.22. The normalized spacial score (nSPS) is 23.9. The molecule has 0 bridgehead atoms. The highest BCUT2D eigenvalue weighted by Gasteiger charge is 2.22. The highest BCUT2D eigenvalue weighted by Crippen LogP contribution is 2.35. The Morgan fingerprint density at radius 3 is 2.85 bits per heavy atom. The van der Waals surface area contributed by atoms with E-state index in [0.29, 0.717) is 5.92 Å². The van der Waals surface area contributed by atoms with Crippen LogP contribution in [0.1, 0.15) is 49.4 Å². The number of aromatic amines is 1. The van der Waals surface area contributed by atoms with Crippen LogP contribution in [0.5, 0.6) is 0 Å². The second kappa shape index (κ2) is 5.21. The van der Waals surface area contributed by atoms with Crippen molar-refractivity contribution in [3.63, 3.8) is 0 Å². The van der Waals surface area contributed by atoms with Gasteiger partial charge in [0.05, 0.1) is 11.0 Å². The van der Waals surface area contributed by atoms with E-state index >= 15 is 0 Å². The lowest BCUT2D eigenvalue weighted by atomic mass is 9.85. The highest BCUT2D eigenvalue weighted by molar-refractivity contribution is 5.76. The summed E-state index contributed by atoms with van der Waals surface area (Å²) in [4.78, 5) is 8.30. The molecule has 2 heterocycles. The second-order valence-corrected chi connectivity index (χ2v) is 6.52. The van der Waals surface area contributed by atoms with E-state index in [0.717, 1.165) is 11.4 Å². The molecule has 20 heavy (non-hydrogen) atoms. The molecule has 1 saturated heterocycles. The summed E-state index contributed by atoms with van der Waals surface area (Å²) < 4.78 is 0. The number of hydrogen-bond donors (Lipinski definition) is 2. The molecule has 1 unspecified atom stereocenters. The number of piperidine rings is 1. The van der Waals surface area contributed by atoms with E-state index in [1.165, 1.54) is 68.5 Å².